The molecule has 20 heavy (non-hydrogen) atoms. The van der Waals surface area contributed by atoms with Gasteiger partial charge in [-0.2, -0.15) is 13.2 Å². The summed E-state index contributed by atoms with van der Waals surface area (Å²) in [5, 5.41) is 0. The van der Waals surface area contributed by atoms with Crippen molar-refractivity contribution in [2.45, 2.75) is 31.5 Å². The van der Waals surface area contributed by atoms with Gasteiger partial charge < -0.3 is 10.6 Å². The summed E-state index contributed by atoms with van der Waals surface area (Å²) < 4.78 is 38.6. The van der Waals surface area contributed by atoms with Crippen LogP contribution in [0, 0.1) is 0 Å². The van der Waals surface area contributed by atoms with Gasteiger partial charge in [0.25, 0.3) is 0 Å². The highest BCUT2D eigenvalue weighted by Gasteiger charge is 2.33. The van der Waals surface area contributed by atoms with Crippen molar-refractivity contribution in [3.05, 3.63) is 35.4 Å². The molecular weight excluding hydrogens is 269 g/mol. The number of hydrogen-bond donors (Lipinski definition) is 1. The SMILES string of the molecule is NC1CCCN(C(=O)Cc2ccccc2C(F)(F)F)C1. The molecule has 1 saturated heterocycles. The van der Waals surface area contributed by atoms with Crippen LogP contribution < -0.4 is 5.73 Å². The van der Waals surface area contributed by atoms with E-state index in [1.54, 1.807) is 4.90 Å². The number of amides is 1. The van der Waals surface area contributed by atoms with E-state index in [1.165, 1.54) is 18.2 Å². The maximum absolute atomic E-state index is 12.9. The zero-order chi connectivity index (χ0) is 14.8. The van der Waals surface area contributed by atoms with Gasteiger partial charge in [0.05, 0.1) is 12.0 Å². The monoisotopic (exact) mass is 286 g/mol. The number of alkyl halides is 3. The zero-order valence-electron chi connectivity index (χ0n) is 11.0. The van der Waals surface area contributed by atoms with Gasteiger partial charge in [-0.1, -0.05) is 18.2 Å². The van der Waals surface area contributed by atoms with E-state index >= 15 is 0 Å². The first-order chi connectivity index (χ1) is 9.38. The van der Waals surface area contributed by atoms with Crippen molar-refractivity contribution in [1.29, 1.82) is 0 Å². The molecule has 0 saturated carbocycles. The first kappa shape index (κ1) is 14.8. The van der Waals surface area contributed by atoms with Gasteiger partial charge >= 0.3 is 6.18 Å². The molecule has 1 aromatic carbocycles. The Hall–Kier alpha value is -1.56. The largest absolute Gasteiger partial charge is 0.416 e. The van der Waals surface area contributed by atoms with E-state index in [0.29, 0.717) is 13.1 Å². The Balaban J connectivity index is 2.12. The minimum Gasteiger partial charge on any atom is -0.341 e. The lowest BCUT2D eigenvalue weighted by molar-refractivity contribution is -0.138. The summed E-state index contributed by atoms with van der Waals surface area (Å²) >= 11 is 0. The van der Waals surface area contributed by atoms with E-state index in [4.69, 9.17) is 5.73 Å². The fourth-order valence-corrected chi connectivity index (χ4v) is 2.46. The maximum atomic E-state index is 12.9. The van der Waals surface area contributed by atoms with Gasteiger partial charge in [0.2, 0.25) is 5.91 Å². The molecule has 1 heterocycles. The molecule has 3 nitrogen and oxygen atoms in total. The minimum atomic E-state index is -4.44. The summed E-state index contributed by atoms with van der Waals surface area (Å²) in [6.45, 7) is 0.994. The van der Waals surface area contributed by atoms with Gasteiger partial charge in [0.15, 0.2) is 0 Å². The molecule has 2 N–H and O–H groups in total. The van der Waals surface area contributed by atoms with Crippen molar-refractivity contribution in [1.82, 2.24) is 4.90 Å². The van der Waals surface area contributed by atoms with Crippen LogP contribution in [0.4, 0.5) is 13.2 Å². The number of halogens is 3. The molecule has 0 radical (unpaired) electrons. The predicted molar refractivity (Wildman–Crippen MR) is 68.9 cm³/mol. The number of nitrogens with zero attached hydrogens (tertiary/aromatic N) is 1. The molecular formula is C14H17F3N2O. The Morgan fingerprint density at radius 2 is 2.05 bits per heavy atom. The minimum absolute atomic E-state index is 0.0177. The van der Waals surface area contributed by atoms with E-state index in [0.717, 1.165) is 18.9 Å². The van der Waals surface area contributed by atoms with Crippen LogP contribution in [0.15, 0.2) is 24.3 Å². The third kappa shape index (κ3) is 3.50. The second-order valence-corrected chi connectivity index (χ2v) is 5.07. The van der Waals surface area contributed by atoms with E-state index in [-0.39, 0.29) is 23.9 Å². The van der Waals surface area contributed by atoms with E-state index in [2.05, 4.69) is 0 Å². The number of nitrogens with two attached hydrogens (primary N) is 1. The first-order valence-electron chi connectivity index (χ1n) is 6.56. The van der Waals surface area contributed by atoms with Crippen molar-refractivity contribution in [2.24, 2.45) is 5.73 Å². The fraction of sp³-hybridized carbons (Fsp3) is 0.500. The standard InChI is InChI=1S/C14H17F3N2O/c15-14(16,17)12-6-2-1-4-10(12)8-13(20)19-7-3-5-11(18)9-19/h1-2,4,6,11H,3,5,7-9,18H2. The molecule has 110 valence electrons. The van der Waals surface area contributed by atoms with Crippen LogP contribution in [0.2, 0.25) is 0 Å². The van der Waals surface area contributed by atoms with Crippen LogP contribution in [-0.2, 0) is 17.4 Å². The van der Waals surface area contributed by atoms with E-state index in [9.17, 15) is 18.0 Å². The smallest absolute Gasteiger partial charge is 0.341 e. The number of piperidine rings is 1. The van der Waals surface area contributed by atoms with Gasteiger partial charge in [-0.15, -0.1) is 0 Å². The highest BCUT2D eigenvalue weighted by molar-refractivity contribution is 5.79. The summed E-state index contributed by atoms with van der Waals surface area (Å²) in [4.78, 5) is 13.7. The summed E-state index contributed by atoms with van der Waals surface area (Å²) in [5.74, 6) is -0.295. The lowest BCUT2D eigenvalue weighted by atomic mass is 10.0. The number of rotatable bonds is 2. The van der Waals surface area contributed by atoms with Gasteiger partial charge in [-0.25, -0.2) is 0 Å². The Morgan fingerprint density at radius 1 is 1.35 bits per heavy atom. The number of carbonyl (C=O) groups excluding carboxylic acids is 1. The van der Waals surface area contributed by atoms with Crippen molar-refractivity contribution < 1.29 is 18.0 Å². The van der Waals surface area contributed by atoms with Gasteiger partial charge in [-0.05, 0) is 24.5 Å². The Labute approximate surface area is 115 Å². The number of hydrogen-bond acceptors (Lipinski definition) is 2. The Morgan fingerprint density at radius 3 is 2.70 bits per heavy atom. The molecule has 0 aliphatic carbocycles. The molecule has 6 heteroatoms. The average Bonchev–Trinajstić information content (AvgIpc) is 2.38. The maximum Gasteiger partial charge on any atom is 0.416 e. The van der Waals surface area contributed by atoms with Crippen LogP contribution in [0.25, 0.3) is 0 Å². The molecule has 1 aliphatic rings. The van der Waals surface area contributed by atoms with Crippen molar-refractivity contribution in [3.63, 3.8) is 0 Å². The van der Waals surface area contributed by atoms with Gasteiger partial charge in [-0.3, -0.25) is 4.79 Å². The van der Waals surface area contributed by atoms with E-state index in [1.807, 2.05) is 0 Å². The molecule has 1 aliphatic heterocycles. The number of likely N-dealkylation sites (tertiary alicyclic amines) is 1. The third-order valence-electron chi connectivity index (χ3n) is 3.47. The topological polar surface area (TPSA) is 46.3 Å². The Bertz CT molecular complexity index is 488. The average molecular weight is 286 g/mol. The highest BCUT2D eigenvalue weighted by Crippen LogP contribution is 2.32. The lowest BCUT2D eigenvalue weighted by Crippen LogP contribution is -2.46. The lowest BCUT2D eigenvalue weighted by Gasteiger charge is -2.31. The molecule has 1 aromatic rings. The second-order valence-electron chi connectivity index (χ2n) is 5.07. The second kappa shape index (κ2) is 5.83. The molecule has 1 fully saturated rings. The van der Waals surface area contributed by atoms with Gasteiger partial charge in [0.1, 0.15) is 0 Å². The summed E-state index contributed by atoms with van der Waals surface area (Å²) in [6.07, 6.45) is -3.02. The first-order valence-corrected chi connectivity index (χ1v) is 6.56. The fourth-order valence-electron chi connectivity index (χ4n) is 2.46. The normalized spacial score (nSPS) is 20.0. The van der Waals surface area contributed by atoms with Crippen LogP contribution in [0.3, 0.4) is 0 Å². The summed E-state index contributed by atoms with van der Waals surface area (Å²) in [5.41, 5.74) is 5.06. The van der Waals surface area contributed by atoms with Crippen molar-refractivity contribution in [2.75, 3.05) is 13.1 Å². The molecule has 1 amide bonds. The van der Waals surface area contributed by atoms with Gasteiger partial charge in [0, 0.05) is 19.1 Å². The Kier molecular flexibility index (Phi) is 4.32. The summed E-state index contributed by atoms with van der Waals surface area (Å²) in [6, 6.07) is 5.12. The van der Waals surface area contributed by atoms with Crippen LogP contribution in [0.1, 0.15) is 24.0 Å². The molecule has 2 rings (SSSR count). The van der Waals surface area contributed by atoms with Crippen molar-refractivity contribution in [3.8, 4) is 0 Å². The van der Waals surface area contributed by atoms with E-state index < -0.39 is 11.7 Å². The molecule has 0 bridgehead atoms. The molecule has 1 atom stereocenters. The molecule has 0 spiro atoms. The van der Waals surface area contributed by atoms with Crippen LogP contribution >= 0.6 is 0 Å². The molecule has 0 aromatic heterocycles. The summed E-state index contributed by atoms with van der Waals surface area (Å²) in [7, 11) is 0. The quantitative estimate of drug-likeness (QED) is 0.906. The highest BCUT2D eigenvalue weighted by atomic mass is 19.4. The number of carbonyl (C=O) groups is 1. The number of benzene rings is 1. The van der Waals surface area contributed by atoms with Crippen molar-refractivity contribution >= 4 is 5.91 Å². The predicted octanol–water partition coefficient (Wildman–Crippen LogP) is 2.20. The van der Waals surface area contributed by atoms with Crippen LogP contribution in [-0.4, -0.2) is 29.9 Å². The zero-order valence-corrected chi connectivity index (χ0v) is 11.0. The van der Waals surface area contributed by atoms with Crippen LogP contribution in [0.5, 0.6) is 0 Å². The third-order valence-corrected chi connectivity index (χ3v) is 3.47. The molecule has 1 unspecified atom stereocenters.